The lowest BCUT2D eigenvalue weighted by atomic mass is 10.0. The Balaban J connectivity index is 1.57. The van der Waals surface area contributed by atoms with Crippen LogP contribution in [0.25, 0.3) is 5.65 Å². The number of ether oxygens (including phenoxy) is 1. The first kappa shape index (κ1) is 23.8. The number of rotatable bonds is 8. The Hall–Kier alpha value is -3.38. The van der Waals surface area contributed by atoms with Crippen molar-refractivity contribution < 1.29 is 23.4 Å². The van der Waals surface area contributed by atoms with Crippen molar-refractivity contribution in [3.8, 4) is 0 Å². The molecule has 4 heterocycles. The number of carbonyl (C=O) groups excluding carboxylic acids is 1. The van der Waals surface area contributed by atoms with Crippen molar-refractivity contribution in [1.29, 1.82) is 0 Å². The van der Waals surface area contributed by atoms with Gasteiger partial charge in [-0.15, -0.1) is 5.10 Å². The Morgan fingerprint density at radius 2 is 2.18 bits per heavy atom. The lowest BCUT2D eigenvalue weighted by molar-refractivity contribution is -0.00177. The number of aromatic nitrogens is 4. The fourth-order valence-electron chi connectivity index (χ4n) is 3.43. The summed E-state index contributed by atoms with van der Waals surface area (Å²) in [5.74, 6) is 0.253. The Bertz CT molecular complexity index is 1150. The van der Waals surface area contributed by atoms with Crippen molar-refractivity contribution >= 4 is 28.9 Å². The first-order valence-corrected chi connectivity index (χ1v) is 10.9. The van der Waals surface area contributed by atoms with E-state index in [1.165, 1.54) is 20.0 Å². The third-order valence-corrected chi connectivity index (χ3v) is 5.50. The van der Waals surface area contributed by atoms with E-state index in [2.05, 4.69) is 31.0 Å². The molecule has 0 radical (unpaired) electrons. The quantitative estimate of drug-likeness (QED) is 0.391. The van der Waals surface area contributed by atoms with E-state index < -0.39 is 29.9 Å². The van der Waals surface area contributed by atoms with Crippen LogP contribution in [0.5, 0.6) is 0 Å². The summed E-state index contributed by atoms with van der Waals surface area (Å²) in [7, 11) is 0. The highest BCUT2D eigenvalue weighted by atomic mass is 19.1. The van der Waals surface area contributed by atoms with Gasteiger partial charge in [-0.25, -0.2) is 23.3 Å². The number of hydrogen-bond donors (Lipinski definition) is 4. The average Bonchev–Trinajstić information content (AvgIpc) is 3.26. The van der Waals surface area contributed by atoms with Gasteiger partial charge in [0, 0.05) is 31.3 Å². The molecule has 0 aromatic carbocycles. The number of hydrogen-bond acceptors (Lipinski definition) is 8. The molecule has 182 valence electrons. The second kappa shape index (κ2) is 9.85. The van der Waals surface area contributed by atoms with E-state index in [-0.39, 0.29) is 18.7 Å². The summed E-state index contributed by atoms with van der Waals surface area (Å²) in [6, 6.07) is 4.51. The van der Waals surface area contributed by atoms with E-state index >= 15 is 0 Å². The van der Waals surface area contributed by atoms with E-state index in [0.29, 0.717) is 36.0 Å². The van der Waals surface area contributed by atoms with Crippen molar-refractivity contribution in [3.05, 3.63) is 42.4 Å². The number of nitrogens with one attached hydrogen (secondary N) is 3. The van der Waals surface area contributed by atoms with Crippen LogP contribution in [-0.4, -0.2) is 74.3 Å². The van der Waals surface area contributed by atoms with E-state index in [1.54, 1.807) is 35.1 Å². The van der Waals surface area contributed by atoms with Crippen LogP contribution in [0.1, 0.15) is 30.6 Å². The Morgan fingerprint density at radius 3 is 2.94 bits per heavy atom. The number of anilines is 3. The summed E-state index contributed by atoms with van der Waals surface area (Å²) in [5.41, 5.74) is -0.483. The van der Waals surface area contributed by atoms with Crippen LogP contribution in [0.4, 0.5) is 26.1 Å². The molecule has 1 saturated heterocycles. The van der Waals surface area contributed by atoms with Gasteiger partial charge in [0.15, 0.2) is 11.5 Å². The minimum atomic E-state index is -1.67. The van der Waals surface area contributed by atoms with E-state index in [1.807, 2.05) is 0 Å². The monoisotopic (exact) mass is 475 g/mol. The minimum Gasteiger partial charge on any atom is -0.387 e. The van der Waals surface area contributed by atoms with Crippen LogP contribution in [0.2, 0.25) is 0 Å². The summed E-state index contributed by atoms with van der Waals surface area (Å²) in [6.45, 7) is 2.60. The third-order valence-electron chi connectivity index (χ3n) is 5.50. The van der Waals surface area contributed by atoms with Crippen LogP contribution in [0.15, 0.2) is 36.8 Å². The van der Waals surface area contributed by atoms with Gasteiger partial charge in [-0.05, 0) is 32.4 Å². The molecule has 10 nitrogen and oxygen atoms in total. The van der Waals surface area contributed by atoms with Crippen LogP contribution >= 0.6 is 0 Å². The second-order valence-corrected chi connectivity index (χ2v) is 8.65. The van der Waals surface area contributed by atoms with Gasteiger partial charge >= 0.3 is 0 Å². The first-order chi connectivity index (χ1) is 16.2. The van der Waals surface area contributed by atoms with Crippen molar-refractivity contribution in [2.75, 3.05) is 30.4 Å². The largest absolute Gasteiger partial charge is 0.387 e. The molecule has 4 rings (SSSR count). The number of imidazole rings is 1. The summed E-state index contributed by atoms with van der Waals surface area (Å²) < 4.78 is 35.3. The van der Waals surface area contributed by atoms with E-state index in [0.717, 1.165) is 0 Å². The number of amides is 1. The Labute approximate surface area is 194 Å². The molecule has 0 bridgehead atoms. The zero-order valence-electron chi connectivity index (χ0n) is 18.8. The molecule has 4 N–H and O–H groups in total. The topological polar surface area (TPSA) is 126 Å². The predicted octanol–water partition coefficient (Wildman–Crippen LogP) is 2.25. The highest BCUT2D eigenvalue weighted by Gasteiger charge is 2.29. The Morgan fingerprint density at radius 1 is 1.35 bits per heavy atom. The lowest BCUT2D eigenvalue weighted by Gasteiger charge is -2.28. The number of aliphatic hydroxyl groups is 1. The van der Waals surface area contributed by atoms with Crippen molar-refractivity contribution in [1.82, 2.24) is 24.9 Å². The molecule has 1 fully saturated rings. The molecule has 3 atom stereocenters. The molecule has 0 spiro atoms. The molecule has 1 aliphatic rings. The fourth-order valence-corrected chi connectivity index (χ4v) is 3.43. The molecule has 1 aliphatic heterocycles. The zero-order valence-corrected chi connectivity index (χ0v) is 18.8. The van der Waals surface area contributed by atoms with Crippen molar-refractivity contribution in [2.45, 2.75) is 44.3 Å². The zero-order chi connectivity index (χ0) is 24.3. The smallest absolute Gasteiger partial charge is 0.255 e. The molecule has 0 saturated carbocycles. The second-order valence-electron chi connectivity index (χ2n) is 8.65. The van der Waals surface area contributed by atoms with Crippen LogP contribution in [-0.2, 0) is 4.74 Å². The number of carbonyl (C=O) groups is 1. The summed E-state index contributed by atoms with van der Waals surface area (Å²) in [6.07, 6.45) is 2.13. The van der Waals surface area contributed by atoms with E-state index in [4.69, 9.17) is 4.74 Å². The van der Waals surface area contributed by atoms with Gasteiger partial charge in [0.25, 0.3) is 5.91 Å². The lowest BCUT2D eigenvalue weighted by Crippen LogP contribution is -2.42. The normalized spacial score (nSPS) is 19.6. The predicted molar refractivity (Wildman–Crippen MR) is 122 cm³/mol. The van der Waals surface area contributed by atoms with Gasteiger partial charge in [0.05, 0.1) is 36.0 Å². The van der Waals surface area contributed by atoms with Crippen molar-refractivity contribution in [2.24, 2.45) is 0 Å². The van der Waals surface area contributed by atoms with Crippen LogP contribution < -0.4 is 16.0 Å². The van der Waals surface area contributed by atoms with Crippen LogP contribution in [0.3, 0.4) is 0 Å². The van der Waals surface area contributed by atoms with Gasteiger partial charge in [0.1, 0.15) is 18.2 Å². The molecule has 12 heteroatoms. The van der Waals surface area contributed by atoms with Gasteiger partial charge in [-0.3, -0.25) is 4.79 Å². The number of halogens is 2. The van der Waals surface area contributed by atoms with Crippen molar-refractivity contribution in [3.63, 3.8) is 0 Å². The molecule has 34 heavy (non-hydrogen) atoms. The maximum Gasteiger partial charge on any atom is 0.255 e. The highest BCUT2D eigenvalue weighted by molar-refractivity contribution is 5.99. The fraction of sp³-hybridized carbons (Fsp3) is 0.455. The summed E-state index contributed by atoms with van der Waals surface area (Å²) in [4.78, 5) is 21.2. The van der Waals surface area contributed by atoms with E-state index in [9.17, 15) is 18.7 Å². The average molecular weight is 476 g/mol. The first-order valence-electron chi connectivity index (χ1n) is 10.9. The summed E-state index contributed by atoms with van der Waals surface area (Å²) in [5, 5.41) is 22.8. The van der Waals surface area contributed by atoms with Gasteiger partial charge in [-0.1, -0.05) is 0 Å². The Kier molecular flexibility index (Phi) is 6.89. The maximum atomic E-state index is 14.4. The SMILES string of the molecule is CC(C)(O)[C@H](F)CNC(=O)c1cnc(Nc2ccc3nccn3n2)cc1NC1CCOCC1F. The molecule has 0 aliphatic carbocycles. The molecule has 3 aromatic rings. The molecule has 1 amide bonds. The number of alkyl halides is 2. The van der Waals surface area contributed by atoms with Gasteiger partial charge in [0.2, 0.25) is 0 Å². The van der Waals surface area contributed by atoms with Crippen LogP contribution in [0, 0.1) is 0 Å². The molecular formula is C22H27F2N7O3. The summed E-state index contributed by atoms with van der Waals surface area (Å²) >= 11 is 0. The number of pyridine rings is 1. The maximum absolute atomic E-state index is 14.4. The van der Waals surface area contributed by atoms with Gasteiger partial charge < -0.3 is 25.8 Å². The highest BCUT2D eigenvalue weighted by Crippen LogP contribution is 2.25. The molecule has 2 unspecified atom stereocenters. The third kappa shape index (κ3) is 5.57. The molecule has 3 aromatic heterocycles. The standard InChI is InChI=1S/C22H27F2N7O3/c1-22(2,33)17(24)11-27-21(32)13-10-26-19(9-16(13)28-15-5-8-34-12-14(15)23)29-18-3-4-20-25-6-7-31(20)30-18/h3-4,6-7,9-10,14-15,17,33H,5,8,11-12H2,1-2H3,(H,27,32)(H2,26,28,29,30)/t14?,15?,17-/m1/s1. The molecular weight excluding hydrogens is 448 g/mol. The number of nitrogens with zero attached hydrogens (tertiary/aromatic N) is 4. The minimum absolute atomic E-state index is 0.0423. The van der Waals surface area contributed by atoms with Gasteiger partial charge in [-0.2, -0.15) is 0 Å². The number of fused-ring (bicyclic) bond motifs is 1.